The van der Waals surface area contributed by atoms with Gasteiger partial charge < -0.3 is 4.74 Å². The molecular formula is C23H20INO2. The molecule has 1 aromatic heterocycles. The molecule has 136 valence electrons. The van der Waals surface area contributed by atoms with Crippen molar-refractivity contribution in [2.45, 2.75) is 31.8 Å². The number of rotatable bonds is 3. The van der Waals surface area contributed by atoms with Crippen molar-refractivity contribution < 1.29 is 9.53 Å². The van der Waals surface area contributed by atoms with Gasteiger partial charge in [0.2, 0.25) is 0 Å². The lowest BCUT2D eigenvalue weighted by Gasteiger charge is -2.37. The SMILES string of the molecule is CC1(C)CC(c2ccccn2)c2cc(C(=O)c3cccc(I)c3)ccc2O1. The molecule has 0 aliphatic carbocycles. The summed E-state index contributed by atoms with van der Waals surface area (Å²) in [5, 5.41) is 0. The van der Waals surface area contributed by atoms with Crippen LogP contribution < -0.4 is 4.74 Å². The molecule has 1 aliphatic heterocycles. The number of benzene rings is 2. The molecule has 3 nitrogen and oxygen atoms in total. The molecule has 4 heteroatoms. The van der Waals surface area contributed by atoms with E-state index in [1.165, 1.54) is 0 Å². The maximum atomic E-state index is 13.0. The molecular weight excluding hydrogens is 449 g/mol. The highest BCUT2D eigenvalue weighted by Gasteiger charge is 2.35. The van der Waals surface area contributed by atoms with Crippen LogP contribution in [0.4, 0.5) is 0 Å². The fourth-order valence-corrected chi connectivity index (χ4v) is 4.18. The van der Waals surface area contributed by atoms with E-state index in [9.17, 15) is 4.79 Å². The molecule has 3 aromatic rings. The van der Waals surface area contributed by atoms with Gasteiger partial charge in [-0.25, -0.2) is 0 Å². The van der Waals surface area contributed by atoms with Crippen LogP contribution in [0.25, 0.3) is 0 Å². The number of fused-ring (bicyclic) bond motifs is 1. The third kappa shape index (κ3) is 3.76. The Bertz CT molecular complexity index is 998. The van der Waals surface area contributed by atoms with Crippen molar-refractivity contribution in [3.05, 3.63) is 92.8 Å². The van der Waals surface area contributed by atoms with E-state index >= 15 is 0 Å². The number of nitrogens with zero attached hydrogens (tertiary/aromatic N) is 1. The molecule has 4 rings (SSSR count). The van der Waals surface area contributed by atoms with Crippen LogP contribution in [0.2, 0.25) is 0 Å². The second kappa shape index (κ2) is 7.08. The molecule has 2 aromatic carbocycles. The number of carbonyl (C=O) groups excluding carboxylic acids is 1. The predicted octanol–water partition coefficient (Wildman–Crippen LogP) is 5.61. The van der Waals surface area contributed by atoms with Crippen LogP contribution in [-0.2, 0) is 0 Å². The summed E-state index contributed by atoms with van der Waals surface area (Å²) < 4.78 is 7.24. The number of hydrogen-bond donors (Lipinski definition) is 0. The monoisotopic (exact) mass is 469 g/mol. The fourth-order valence-electron chi connectivity index (χ4n) is 3.64. The van der Waals surface area contributed by atoms with E-state index < -0.39 is 0 Å². The van der Waals surface area contributed by atoms with E-state index in [-0.39, 0.29) is 17.3 Å². The Morgan fingerprint density at radius 2 is 1.89 bits per heavy atom. The van der Waals surface area contributed by atoms with Gasteiger partial charge >= 0.3 is 0 Å². The van der Waals surface area contributed by atoms with Crippen molar-refractivity contribution >= 4 is 28.4 Å². The standard InChI is InChI=1S/C23H20INO2/c1-23(2)14-19(20-8-3-4-11-25-20)18-13-16(9-10-21(18)27-23)22(26)15-6-5-7-17(24)12-15/h3-13,19H,14H2,1-2H3. The third-order valence-corrected chi connectivity index (χ3v) is 5.53. The highest BCUT2D eigenvalue weighted by Crippen LogP contribution is 2.44. The number of ketones is 1. The summed E-state index contributed by atoms with van der Waals surface area (Å²) in [4.78, 5) is 17.6. The number of hydrogen-bond acceptors (Lipinski definition) is 3. The molecule has 1 aliphatic rings. The number of carbonyl (C=O) groups is 1. The van der Waals surface area contributed by atoms with Gasteiger partial charge in [0, 0.05) is 38.1 Å². The van der Waals surface area contributed by atoms with Gasteiger partial charge in [-0.2, -0.15) is 0 Å². The van der Waals surface area contributed by atoms with Gasteiger partial charge in [-0.1, -0.05) is 18.2 Å². The Morgan fingerprint density at radius 1 is 1.07 bits per heavy atom. The zero-order valence-corrected chi connectivity index (χ0v) is 17.4. The van der Waals surface area contributed by atoms with Crippen molar-refractivity contribution in [2.75, 3.05) is 0 Å². The zero-order valence-electron chi connectivity index (χ0n) is 15.3. The minimum absolute atomic E-state index is 0.0286. The lowest BCUT2D eigenvalue weighted by Crippen LogP contribution is -2.35. The van der Waals surface area contributed by atoms with Crippen LogP contribution >= 0.6 is 22.6 Å². The van der Waals surface area contributed by atoms with Gasteiger partial charge in [-0.3, -0.25) is 9.78 Å². The maximum absolute atomic E-state index is 13.0. The van der Waals surface area contributed by atoms with Gasteiger partial charge in [0.1, 0.15) is 11.4 Å². The second-order valence-corrected chi connectivity index (χ2v) is 8.71. The average molecular weight is 469 g/mol. The second-order valence-electron chi connectivity index (χ2n) is 7.47. The van der Waals surface area contributed by atoms with E-state index in [2.05, 4.69) is 41.4 Å². The van der Waals surface area contributed by atoms with Crippen LogP contribution in [0.1, 0.15) is 53.4 Å². The Balaban J connectivity index is 1.78. The Labute approximate surface area is 172 Å². The smallest absolute Gasteiger partial charge is 0.193 e. The molecule has 0 spiro atoms. The molecule has 2 heterocycles. The molecule has 0 bridgehead atoms. The minimum Gasteiger partial charge on any atom is -0.488 e. The molecule has 0 radical (unpaired) electrons. The number of aromatic nitrogens is 1. The topological polar surface area (TPSA) is 39.2 Å². The first-order chi connectivity index (χ1) is 12.9. The van der Waals surface area contributed by atoms with Crippen LogP contribution in [0.5, 0.6) is 5.75 Å². The van der Waals surface area contributed by atoms with Crippen molar-refractivity contribution in [3.8, 4) is 5.75 Å². The minimum atomic E-state index is -0.281. The van der Waals surface area contributed by atoms with E-state index in [4.69, 9.17) is 4.74 Å². The molecule has 0 saturated carbocycles. The molecule has 1 unspecified atom stereocenters. The number of halogens is 1. The van der Waals surface area contributed by atoms with Gasteiger partial charge in [-0.05, 0) is 85.3 Å². The van der Waals surface area contributed by atoms with Crippen LogP contribution in [0, 0.1) is 3.57 Å². The van der Waals surface area contributed by atoms with Crippen molar-refractivity contribution in [2.24, 2.45) is 0 Å². The van der Waals surface area contributed by atoms with Crippen LogP contribution in [0.3, 0.4) is 0 Å². The van der Waals surface area contributed by atoms with E-state index in [0.717, 1.165) is 27.0 Å². The van der Waals surface area contributed by atoms with E-state index in [1.54, 1.807) is 0 Å². The molecule has 0 saturated heterocycles. The summed E-state index contributed by atoms with van der Waals surface area (Å²) in [6, 6.07) is 19.4. The first-order valence-electron chi connectivity index (χ1n) is 8.97. The lowest BCUT2D eigenvalue weighted by molar-refractivity contribution is 0.0768. The van der Waals surface area contributed by atoms with Gasteiger partial charge in [0.05, 0.1) is 0 Å². The zero-order chi connectivity index (χ0) is 19.0. The summed E-state index contributed by atoms with van der Waals surface area (Å²) in [5.74, 6) is 0.968. The van der Waals surface area contributed by atoms with Gasteiger partial charge in [0.25, 0.3) is 0 Å². The largest absolute Gasteiger partial charge is 0.488 e. The normalized spacial score (nSPS) is 17.7. The molecule has 27 heavy (non-hydrogen) atoms. The van der Waals surface area contributed by atoms with E-state index in [0.29, 0.717) is 11.1 Å². The summed E-state index contributed by atoms with van der Waals surface area (Å²) in [6.45, 7) is 4.19. The lowest BCUT2D eigenvalue weighted by atomic mass is 9.81. The maximum Gasteiger partial charge on any atom is 0.193 e. The third-order valence-electron chi connectivity index (χ3n) is 4.86. The predicted molar refractivity (Wildman–Crippen MR) is 114 cm³/mol. The molecule has 1 atom stereocenters. The summed E-state index contributed by atoms with van der Waals surface area (Å²) in [6.07, 6.45) is 2.64. The summed E-state index contributed by atoms with van der Waals surface area (Å²) in [7, 11) is 0. The molecule has 0 amide bonds. The average Bonchev–Trinajstić information content (AvgIpc) is 2.66. The Morgan fingerprint density at radius 3 is 2.63 bits per heavy atom. The quantitative estimate of drug-likeness (QED) is 0.370. The first kappa shape index (κ1) is 18.2. The van der Waals surface area contributed by atoms with Crippen molar-refractivity contribution in [1.29, 1.82) is 0 Å². The Hall–Kier alpha value is -2.21. The van der Waals surface area contributed by atoms with E-state index in [1.807, 2.05) is 66.9 Å². The number of ether oxygens (including phenoxy) is 1. The van der Waals surface area contributed by atoms with Crippen LogP contribution in [0.15, 0.2) is 66.9 Å². The number of pyridine rings is 1. The first-order valence-corrected chi connectivity index (χ1v) is 10.0. The van der Waals surface area contributed by atoms with Crippen LogP contribution in [-0.4, -0.2) is 16.4 Å². The highest BCUT2D eigenvalue weighted by molar-refractivity contribution is 14.1. The fraction of sp³-hybridized carbons (Fsp3) is 0.217. The van der Waals surface area contributed by atoms with Crippen molar-refractivity contribution in [3.63, 3.8) is 0 Å². The van der Waals surface area contributed by atoms with Gasteiger partial charge in [-0.15, -0.1) is 0 Å². The van der Waals surface area contributed by atoms with Gasteiger partial charge in [0.15, 0.2) is 5.78 Å². The molecule has 0 fully saturated rings. The van der Waals surface area contributed by atoms with Crippen molar-refractivity contribution in [1.82, 2.24) is 4.98 Å². The summed E-state index contributed by atoms with van der Waals surface area (Å²) in [5.41, 5.74) is 3.14. The summed E-state index contributed by atoms with van der Waals surface area (Å²) >= 11 is 2.23. The molecule has 0 N–H and O–H groups in total. The Kier molecular flexibility index (Phi) is 4.76. The highest BCUT2D eigenvalue weighted by atomic mass is 127.